The Balaban J connectivity index is 2.57. The summed E-state index contributed by atoms with van der Waals surface area (Å²) in [6, 6.07) is -0.655. The number of carboxylic acids is 1. The van der Waals surface area contributed by atoms with Gasteiger partial charge in [0.2, 0.25) is 0 Å². The van der Waals surface area contributed by atoms with E-state index in [9.17, 15) is 13.2 Å². The van der Waals surface area contributed by atoms with Crippen LogP contribution in [0.25, 0.3) is 0 Å². The first-order valence-electron chi connectivity index (χ1n) is 5.94. The molecule has 1 saturated heterocycles. The number of nitrogens with zero attached hydrogens (tertiary/aromatic N) is 1. The molecule has 0 aliphatic carbocycles. The fourth-order valence-corrected chi connectivity index (χ4v) is 2.78. The highest BCUT2D eigenvalue weighted by Gasteiger charge is 2.29. The zero-order valence-corrected chi connectivity index (χ0v) is 11.2. The molecule has 0 saturated carbocycles. The average Bonchev–Trinajstić information content (AvgIpc) is 2.18. The van der Waals surface area contributed by atoms with Gasteiger partial charge in [-0.3, -0.25) is 9.69 Å². The Morgan fingerprint density at radius 3 is 2.35 bits per heavy atom. The lowest BCUT2D eigenvalue weighted by Crippen LogP contribution is -2.46. The second kappa shape index (κ2) is 5.82. The second-order valence-electron chi connectivity index (χ2n) is 4.99. The molecule has 5 nitrogen and oxygen atoms in total. The van der Waals surface area contributed by atoms with E-state index in [1.54, 1.807) is 0 Å². The predicted molar refractivity (Wildman–Crippen MR) is 65.7 cm³/mol. The Kier molecular flexibility index (Phi) is 4.94. The minimum atomic E-state index is -3.09. The number of hydrogen-bond donors (Lipinski definition) is 1. The first-order valence-corrected chi connectivity index (χ1v) is 8.00. The summed E-state index contributed by atoms with van der Waals surface area (Å²) in [5.74, 6) is -0.338. The summed E-state index contributed by atoms with van der Waals surface area (Å²) < 4.78 is 22.2. The molecule has 0 bridgehead atoms. The Hall–Kier alpha value is -0.620. The van der Waals surface area contributed by atoms with Gasteiger partial charge in [0.05, 0.1) is 5.75 Å². The normalized spacial score (nSPS) is 21.3. The Labute approximate surface area is 103 Å². The van der Waals surface area contributed by atoms with Crippen molar-refractivity contribution in [1.82, 2.24) is 4.90 Å². The zero-order chi connectivity index (χ0) is 13.1. The SMILES string of the molecule is CC1CCN(C(CCS(C)(=O)=O)C(=O)O)CC1. The van der Waals surface area contributed by atoms with Crippen molar-refractivity contribution in [3.05, 3.63) is 0 Å². The number of sulfone groups is 1. The van der Waals surface area contributed by atoms with Crippen LogP contribution in [0.5, 0.6) is 0 Å². The van der Waals surface area contributed by atoms with Gasteiger partial charge < -0.3 is 5.11 Å². The molecule has 1 N–H and O–H groups in total. The average molecular weight is 263 g/mol. The summed E-state index contributed by atoms with van der Waals surface area (Å²) >= 11 is 0. The molecule has 17 heavy (non-hydrogen) atoms. The number of rotatable bonds is 5. The Morgan fingerprint density at radius 1 is 1.41 bits per heavy atom. The van der Waals surface area contributed by atoms with Crippen molar-refractivity contribution in [2.45, 2.75) is 32.2 Å². The van der Waals surface area contributed by atoms with E-state index in [1.807, 2.05) is 4.90 Å². The third-order valence-electron chi connectivity index (χ3n) is 3.31. The topological polar surface area (TPSA) is 74.7 Å². The van der Waals surface area contributed by atoms with Crippen LogP contribution < -0.4 is 0 Å². The molecule has 1 atom stereocenters. The molecule has 0 radical (unpaired) electrons. The summed E-state index contributed by atoms with van der Waals surface area (Å²) in [4.78, 5) is 13.1. The molecule has 1 aliphatic rings. The van der Waals surface area contributed by atoms with Crippen LogP contribution in [0.2, 0.25) is 0 Å². The van der Waals surface area contributed by atoms with E-state index in [0.29, 0.717) is 5.92 Å². The smallest absolute Gasteiger partial charge is 0.320 e. The van der Waals surface area contributed by atoms with Crippen molar-refractivity contribution in [3.63, 3.8) is 0 Å². The number of hydrogen-bond acceptors (Lipinski definition) is 4. The van der Waals surface area contributed by atoms with Gasteiger partial charge >= 0.3 is 5.97 Å². The molecule has 0 aromatic rings. The maximum Gasteiger partial charge on any atom is 0.320 e. The Morgan fingerprint density at radius 2 is 1.94 bits per heavy atom. The van der Waals surface area contributed by atoms with Crippen LogP contribution in [0.3, 0.4) is 0 Å². The van der Waals surface area contributed by atoms with Crippen molar-refractivity contribution in [2.75, 3.05) is 25.1 Å². The maximum absolute atomic E-state index is 11.2. The van der Waals surface area contributed by atoms with Gasteiger partial charge in [0.25, 0.3) is 0 Å². The van der Waals surface area contributed by atoms with Crippen LogP contribution in [0.4, 0.5) is 0 Å². The highest BCUT2D eigenvalue weighted by Crippen LogP contribution is 2.19. The minimum absolute atomic E-state index is 0.0595. The molecule has 1 rings (SSSR count). The van der Waals surface area contributed by atoms with Crippen molar-refractivity contribution in [3.8, 4) is 0 Å². The van der Waals surface area contributed by atoms with Gasteiger partial charge in [-0.05, 0) is 38.3 Å². The predicted octanol–water partition coefficient (Wildman–Crippen LogP) is 0.606. The summed E-state index contributed by atoms with van der Waals surface area (Å²) in [5, 5.41) is 9.15. The molecule has 1 aliphatic heterocycles. The number of carbonyl (C=O) groups is 1. The highest BCUT2D eigenvalue weighted by molar-refractivity contribution is 7.90. The summed E-state index contributed by atoms with van der Waals surface area (Å²) in [6.07, 6.45) is 3.30. The van der Waals surface area contributed by atoms with Gasteiger partial charge in [-0.25, -0.2) is 8.42 Å². The van der Waals surface area contributed by atoms with Gasteiger partial charge in [-0.1, -0.05) is 6.92 Å². The fourth-order valence-electron chi connectivity index (χ4n) is 2.13. The van der Waals surface area contributed by atoms with Crippen LogP contribution in [0.1, 0.15) is 26.2 Å². The molecule has 6 heteroatoms. The lowest BCUT2D eigenvalue weighted by atomic mass is 9.97. The van der Waals surface area contributed by atoms with Gasteiger partial charge in [-0.2, -0.15) is 0 Å². The zero-order valence-electron chi connectivity index (χ0n) is 10.4. The molecule has 0 spiro atoms. The number of aliphatic carboxylic acids is 1. The third kappa shape index (κ3) is 5.04. The monoisotopic (exact) mass is 263 g/mol. The summed E-state index contributed by atoms with van der Waals surface area (Å²) in [5.41, 5.74) is 0. The van der Waals surface area contributed by atoms with Crippen molar-refractivity contribution in [2.24, 2.45) is 5.92 Å². The van der Waals surface area contributed by atoms with Crippen LogP contribution >= 0.6 is 0 Å². The van der Waals surface area contributed by atoms with Gasteiger partial charge in [0, 0.05) is 6.26 Å². The molecule has 100 valence electrons. The quantitative estimate of drug-likeness (QED) is 0.786. The summed E-state index contributed by atoms with van der Waals surface area (Å²) in [7, 11) is -3.09. The lowest BCUT2D eigenvalue weighted by molar-refractivity contribution is -0.144. The van der Waals surface area contributed by atoms with E-state index in [-0.39, 0.29) is 12.2 Å². The van der Waals surface area contributed by atoms with E-state index < -0.39 is 21.8 Å². The Bertz CT molecular complexity index is 358. The van der Waals surface area contributed by atoms with Crippen LogP contribution in [0, 0.1) is 5.92 Å². The van der Waals surface area contributed by atoms with Gasteiger partial charge in [0.1, 0.15) is 15.9 Å². The van der Waals surface area contributed by atoms with Crippen LogP contribution in [0.15, 0.2) is 0 Å². The largest absolute Gasteiger partial charge is 0.480 e. The minimum Gasteiger partial charge on any atom is -0.480 e. The van der Waals surface area contributed by atoms with E-state index in [1.165, 1.54) is 0 Å². The first-order chi connectivity index (χ1) is 7.79. The maximum atomic E-state index is 11.2. The molecule has 0 amide bonds. The fraction of sp³-hybridized carbons (Fsp3) is 0.909. The van der Waals surface area contributed by atoms with E-state index in [2.05, 4.69) is 6.92 Å². The summed E-state index contributed by atoms with van der Waals surface area (Å²) in [6.45, 7) is 3.66. The van der Waals surface area contributed by atoms with Gasteiger partial charge in [0.15, 0.2) is 0 Å². The van der Waals surface area contributed by atoms with Crippen LogP contribution in [-0.2, 0) is 14.6 Å². The van der Waals surface area contributed by atoms with Crippen LogP contribution in [-0.4, -0.2) is 55.5 Å². The number of likely N-dealkylation sites (tertiary alicyclic amines) is 1. The van der Waals surface area contributed by atoms with Crippen molar-refractivity contribution >= 4 is 15.8 Å². The molecule has 1 heterocycles. The number of carboxylic acid groups (broad SMARTS) is 1. The first kappa shape index (κ1) is 14.4. The molecular formula is C11H21NO4S. The van der Waals surface area contributed by atoms with Gasteiger partial charge in [-0.15, -0.1) is 0 Å². The van der Waals surface area contributed by atoms with E-state index in [4.69, 9.17) is 5.11 Å². The molecule has 1 fully saturated rings. The molecule has 1 unspecified atom stereocenters. The highest BCUT2D eigenvalue weighted by atomic mass is 32.2. The standard InChI is InChI=1S/C11H21NO4S/c1-9-3-6-12(7-4-9)10(11(13)14)5-8-17(2,15)16/h9-10H,3-8H2,1-2H3,(H,13,14). The third-order valence-corrected chi connectivity index (χ3v) is 4.28. The molecule has 0 aromatic heterocycles. The second-order valence-corrected chi connectivity index (χ2v) is 7.25. The molecular weight excluding hydrogens is 242 g/mol. The van der Waals surface area contributed by atoms with Crippen molar-refractivity contribution in [1.29, 1.82) is 0 Å². The molecule has 0 aromatic carbocycles. The lowest BCUT2D eigenvalue weighted by Gasteiger charge is -2.34. The number of piperidine rings is 1. The van der Waals surface area contributed by atoms with E-state index in [0.717, 1.165) is 32.2 Å². The van der Waals surface area contributed by atoms with E-state index >= 15 is 0 Å². The van der Waals surface area contributed by atoms with Crippen molar-refractivity contribution < 1.29 is 18.3 Å².